The molecule has 2 heterocycles. The number of amides is 2. The summed E-state index contributed by atoms with van der Waals surface area (Å²) < 4.78 is 5.10. The molecule has 0 saturated heterocycles. The van der Waals surface area contributed by atoms with Gasteiger partial charge >= 0.3 is 0 Å². The average molecular weight is 425 g/mol. The van der Waals surface area contributed by atoms with Crippen molar-refractivity contribution in [1.82, 2.24) is 14.8 Å². The van der Waals surface area contributed by atoms with E-state index in [1.165, 1.54) is 7.11 Å². The van der Waals surface area contributed by atoms with Crippen molar-refractivity contribution < 1.29 is 14.3 Å². The minimum absolute atomic E-state index is 0.0121. The molecule has 166 valence electrons. The maximum atomic E-state index is 12.7. The smallest absolute Gasteiger partial charge is 0.248 e. The molecule has 3 rings (SSSR count). The summed E-state index contributed by atoms with van der Waals surface area (Å²) >= 11 is 0. The molecule has 0 saturated carbocycles. The molecule has 0 bridgehead atoms. The van der Waals surface area contributed by atoms with Gasteiger partial charge < -0.3 is 14.5 Å². The first-order chi connectivity index (χ1) is 15.1. The number of ether oxygens (including phenoxy) is 1. The highest BCUT2D eigenvalue weighted by Gasteiger charge is 2.21. The molecule has 0 aliphatic carbocycles. The third-order valence-corrected chi connectivity index (χ3v) is 5.53. The Morgan fingerprint density at radius 1 is 1.03 bits per heavy atom. The lowest BCUT2D eigenvalue weighted by molar-refractivity contribution is -0.135. The predicted molar refractivity (Wildman–Crippen MR) is 121 cm³/mol. The molecule has 1 aliphatic rings. The van der Waals surface area contributed by atoms with E-state index in [-0.39, 0.29) is 18.4 Å². The molecule has 2 aromatic rings. The highest BCUT2D eigenvalue weighted by molar-refractivity contribution is 5.92. The van der Waals surface area contributed by atoms with Gasteiger partial charge in [-0.15, -0.1) is 0 Å². The van der Waals surface area contributed by atoms with Gasteiger partial charge in [0.1, 0.15) is 6.61 Å². The zero-order valence-corrected chi connectivity index (χ0v) is 18.5. The van der Waals surface area contributed by atoms with Gasteiger partial charge in [0.2, 0.25) is 11.8 Å². The van der Waals surface area contributed by atoms with Crippen LogP contribution < -0.4 is 4.90 Å². The maximum absolute atomic E-state index is 12.7. The zero-order valence-electron chi connectivity index (χ0n) is 18.5. The van der Waals surface area contributed by atoms with Crippen molar-refractivity contribution in [2.45, 2.75) is 32.9 Å². The third-order valence-electron chi connectivity index (χ3n) is 5.53. The Morgan fingerprint density at radius 3 is 2.52 bits per heavy atom. The fourth-order valence-corrected chi connectivity index (χ4v) is 4.03. The number of carbonyl (C=O) groups is 2. The van der Waals surface area contributed by atoms with Crippen LogP contribution in [-0.2, 0) is 27.4 Å². The Balaban J connectivity index is 1.85. The molecule has 2 amide bonds. The monoisotopic (exact) mass is 424 g/mol. The van der Waals surface area contributed by atoms with E-state index in [9.17, 15) is 9.59 Å². The summed E-state index contributed by atoms with van der Waals surface area (Å²) in [6, 6.07) is 11.9. The first-order valence-electron chi connectivity index (χ1n) is 10.8. The van der Waals surface area contributed by atoms with E-state index in [2.05, 4.69) is 16.0 Å². The molecule has 1 aromatic carbocycles. The van der Waals surface area contributed by atoms with E-state index in [1.54, 1.807) is 13.1 Å². The topological polar surface area (TPSA) is 66.0 Å². The maximum Gasteiger partial charge on any atom is 0.248 e. The van der Waals surface area contributed by atoms with E-state index < -0.39 is 0 Å². The van der Waals surface area contributed by atoms with Gasteiger partial charge in [-0.1, -0.05) is 24.3 Å². The summed E-state index contributed by atoms with van der Waals surface area (Å²) in [5.74, 6) is -0.0272. The van der Waals surface area contributed by atoms with E-state index in [0.717, 1.165) is 49.3 Å². The number of fused-ring (bicyclic) bond motifs is 1. The first kappa shape index (κ1) is 22.9. The van der Waals surface area contributed by atoms with Crippen molar-refractivity contribution in [3.63, 3.8) is 0 Å². The minimum Gasteiger partial charge on any atom is -0.375 e. The molecule has 0 N–H and O–H groups in total. The third kappa shape index (κ3) is 6.60. The Hall–Kier alpha value is -2.77. The van der Waals surface area contributed by atoms with Crippen molar-refractivity contribution in [1.29, 1.82) is 0 Å². The van der Waals surface area contributed by atoms with Crippen molar-refractivity contribution in [3.05, 3.63) is 59.9 Å². The molecule has 7 nitrogen and oxygen atoms in total. The summed E-state index contributed by atoms with van der Waals surface area (Å²) in [5, 5.41) is 0. The normalized spacial score (nSPS) is 16.2. The molecule has 0 atom stereocenters. The number of benzene rings is 1. The Labute approximate surface area is 184 Å². The largest absolute Gasteiger partial charge is 0.375 e. The van der Waals surface area contributed by atoms with Crippen molar-refractivity contribution in [2.75, 3.05) is 44.8 Å². The van der Waals surface area contributed by atoms with Gasteiger partial charge in [0, 0.05) is 71.4 Å². The number of hydrogen-bond acceptors (Lipinski definition) is 5. The number of nitrogens with zero attached hydrogens (tertiary/aromatic N) is 4. The number of carbonyl (C=O) groups excluding carboxylic acids is 2. The van der Waals surface area contributed by atoms with Crippen molar-refractivity contribution >= 4 is 17.5 Å². The molecule has 7 heteroatoms. The molecular weight excluding hydrogens is 392 g/mol. The average Bonchev–Trinajstić information content (AvgIpc) is 2.76. The Kier molecular flexibility index (Phi) is 8.55. The van der Waals surface area contributed by atoms with Crippen LogP contribution in [-0.4, -0.2) is 66.5 Å². The van der Waals surface area contributed by atoms with Crippen molar-refractivity contribution in [2.24, 2.45) is 0 Å². The molecule has 0 radical (unpaired) electrons. The van der Waals surface area contributed by atoms with Crippen LogP contribution in [0, 0.1) is 0 Å². The van der Waals surface area contributed by atoms with Gasteiger partial charge in [0.05, 0.1) is 0 Å². The quantitative estimate of drug-likeness (QED) is 0.755. The second-order valence-corrected chi connectivity index (χ2v) is 7.89. The molecule has 0 fully saturated rings. The fourth-order valence-electron chi connectivity index (χ4n) is 4.03. The van der Waals surface area contributed by atoms with Crippen LogP contribution in [0.5, 0.6) is 0 Å². The summed E-state index contributed by atoms with van der Waals surface area (Å²) in [7, 11) is 1.54. The second-order valence-electron chi connectivity index (χ2n) is 7.89. The summed E-state index contributed by atoms with van der Waals surface area (Å²) in [6.07, 6.45) is 5.42. The number of para-hydroxylation sites is 1. The summed E-state index contributed by atoms with van der Waals surface area (Å²) in [6.45, 7) is 5.94. The highest BCUT2D eigenvalue weighted by atomic mass is 16.5. The number of anilines is 1. The number of aromatic nitrogens is 1. The van der Waals surface area contributed by atoms with Gasteiger partial charge in [0.15, 0.2) is 0 Å². The van der Waals surface area contributed by atoms with Gasteiger partial charge in [0.25, 0.3) is 0 Å². The molecule has 31 heavy (non-hydrogen) atoms. The summed E-state index contributed by atoms with van der Waals surface area (Å²) in [5.41, 5.74) is 3.02. The van der Waals surface area contributed by atoms with Crippen molar-refractivity contribution in [3.8, 4) is 0 Å². The molecule has 0 unspecified atom stereocenters. The lowest BCUT2D eigenvalue weighted by Crippen LogP contribution is -2.39. The van der Waals surface area contributed by atoms with Crippen LogP contribution in [0.15, 0.2) is 48.8 Å². The van der Waals surface area contributed by atoms with E-state index in [4.69, 9.17) is 4.74 Å². The Morgan fingerprint density at radius 2 is 1.81 bits per heavy atom. The van der Waals surface area contributed by atoms with Gasteiger partial charge in [-0.2, -0.15) is 0 Å². The minimum atomic E-state index is -0.0393. The van der Waals surface area contributed by atoms with E-state index >= 15 is 0 Å². The van der Waals surface area contributed by atoms with Gasteiger partial charge in [-0.3, -0.25) is 19.5 Å². The highest BCUT2D eigenvalue weighted by Crippen LogP contribution is 2.24. The second kappa shape index (κ2) is 11.6. The van der Waals surface area contributed by atoms with E-state index in [0.29, 0.717) is 19.6 Å². The van der Waals surface area contributed by atoms with Crippen LogP contribution in [0.2, 0.25) is 0 Å². The van der Waals surface area contributed by atoms with Crippen LogP contribution in [0.25, 0.3) is 0 Å². The van der Waals surface area contributed by atoms with Gasteiger partial charge in [-0.25, -0.2) is 0 Å². The number of hydrogen-bond donors (Lipinski definition) is 0. The lowest BCUT2D eigenvalue weighted by atomic mass is 10.1. The first-order valence-corrected chi connectivity index (χ1v) is 10.8. The standard InChI is InChI=1S/C24H32N4O3/c1-20(29)28-15-7-13-26(17-21-8-5-11-25-16-21)12-6-14-27(24(30)19-31-2)18-22-9-3-4-10-23(22)28/h3-5,8-11,16H,6-7,12-15,17-19H2,1-2H3. The van der Waals surface area contributed by atoms with E-state index in [1.807, 2.05) is 46.3 Å². The zero-order chi connectivity index (χ0) is 22.1. The van der Waals surface area contributed by atoms with Gasteiger partial charge in [-0.05, 0) is 36.1 Å². The lowest BCUT2D eigenvalue weighted by Gasteiger charge is -2.31. The Bertz CT molecular complexity index is 859. The predicted octanol–water partition coefficient (Wildman–Crippen LogP) is 2.71. The fraction of sp³-hybridized carbons (Fsp3) is 0.458. The summed E-state index contributed by atoms with van der Waals surface area (Å²) in [4.78, 5) is 35.5. The SMILES string of the molecule is COCC(=O)N1CCCN(Cc2cccnc2)CCCN(C(C)=O)c2ccccc2C1. The molecular formula is C24H32N4O3. The molecule has 1 aliphatic heterocycles. The van der Waals surface area contributed by atoms with Crippen LogP contribution in [0.4, 0.5) is 5.69 Å². The van der Waals surface area contributed by atoms with Crippen LogP contribution >= 0.6 is 0 Å². The molecule has 1 aromatic heterocycles. The number of pyridine rings is 1. The number of rotatable bonds is 4. The molecule has 0 spiro atoms. The van der Waals surface area contributed by atoms with Crippen LogP contribution in [0.1, 0.15) is 30.9 Å². The van der Waals surface area contributed by atoms with Crippen LogP contribution in [0.3, 0.4) is 0 Å². The number of methoxy groups -OCH3 is 1.